The van der Waals surface area contributed by atoms with Crippen LogP contribution in [-0.2, 0) is 4.74 Å². The third kappa shape index (κ3) is 3.01. The summed E-state index contributed by atoms with van der Waals surface area (Å²) in [6, 6.07) is 2.62. The summed E-state index contributed by atoms with van der Waals surface area (Å²) in [6.07, 6.45) is 0.0524. The van der Waals surface area contributed by atoms with Crippen molar-refractivity contribution in [3.63, 3.8) is 0 Å². The molecule has 5 heteroatoms. The molecule has 0 aromatic heterocycles. The van der Waals surface area contributed by atoms with E-state index in [1.54, 1.807) is 0 Å². The number of hydrogen-bond acceptors (Lipinski definition) is 3. The molecule has 1 N–H and O–H groups in total. The van der Waals surface area contributed by atoms with Crippen molar-refractivity contribution in [1.29, 1.82) is 0 Å². The van der Waals surface area contributed by atoms with Crippen LogP contribution in [0.25, 0.3) is 0 Å². The Morgan fingerprint density at radius 2 is 2.35 bits per heavy atom. The van der Waals surface area contributed by atoms with Gasteiger partial charge in [-0.1, -0.05) is 11.6 Å². The smallest absolute Gasteiger partial charge is 0.161 e. The second-order valence-corrected chi connectivity index (χ2v) is 4.67. The number of benzene rings is 1. The molecule has 0 spiro atoms. The summed E-state index contributed by atoms with van der Waals surface area (Å²) in [5, 5.41) is 3.37. The maximum Gasteiger partial charge on any atom is 0.161 e. The quantitative estimate of drug-likeness (QED) is 0.905. The lowest BCUT2D eigenvalue weighted by Crippen LogP contribution is -2.35. The van der Waals surface area contributed by atoms with E-state index in [2.05, 4.69) is 5.32 Å². The molecule has 2 rings (SSSR count). The zero-order valence-electron chi connectivity index (χ0n) is 9.80. The minimum Gasteiger partial charge on any atom is -0.482 e. The average Bonchev–Trinajstić information content (AvgIpc) is 2.26. The molecule has 1 atom stereocenters. The fourth-order valence-electron chi connectivity index (χ4n) is 1.64. The molecule has 1 aliphatic rings. The number of hydrogen-bond donors (Lipinski definition) is 1. The molecule has 0 bridgehead atoms. The van der Waals surface area contributed by atoms with Gasteiger partial charge < -0.3 is 14.8 Å². The molecular formula is C12H15ClFNO2. The summed E-state index contributed by atoms with van der Waals surface area (Å²) in [6.45, 7) is 5.00. The van der Waals surface area contributed by atoms with E-state index >= 15 is 0 Å². The van der Waals surface area contributed by atoms with Crippen molar-refractivity contribution in [1.82, 2.24) is 0 Å². The molecule has 0 amide bonds. The highest BCUT2D eigenvalue weighted by Crippen LogP contribution is 2.37. The van der Waals surface area contributed by atoms with Crippen LogP contribution < -0.4 is 10.1 Å². The second-order valence-electron chi connectivity index (χ2n) is 4.27. The van der Waals surface area contributed by atoms with Crippen LogP contribution in [0.3, 0.4) is 0 Å². The first-order valence-corrected chi connectivity index (χ1v) is 5.95. The second kappa shape index (κ2) is 5.10. The van der Waals surface area contributed by atoms with Gasteiger partial charge in [0, 0.05) is 6.07 Å². The van der Waals surface area contributed by atoms with Gasteiger partial charge in [-0.05, 0) is 19.9 Å². The van der Waals surface area contributed by atoms with Gasteiger partial charge in [-0.15, -0.1) is 0 Å². The Morgan fingerprint density at radius 1 is 1.59 bits per heavy atom. The summed E-state index contributed by atoms with van der Waals surface area (Å²) in [5.41, 5.74) is 0.593. The van der Waals surface area contributed by atoms with Crippen molar-refractivity contribution in [2.45, 2.75) is 26.1 Å². The van der Waals surface area contributed by atoms with Gasteiger partial charge >= 0.3 is 0 Å². The van der Waals surface area contributed by atoms with Crippen LogP contribution in [0.2, 0.25) is 5.02 Å². The van der Waals surface area contributed by atoms with Crippen molar-refractivity contribution >= 4 is 17.3 Å². The summed E-state index contributed by atoms with van der Waals surface area (Å²) < 4.78 is 24.3. The molecule has 0 fully saturated rings. The van der Waals surface area contributed by atoms with Crippen molar-refractivity contribution in [3.8, 4) is 5.75 Å². The molecule has 0 aliphatic carbocycles. The maximum atomic E-state index is 13.1. The number of anilines is 1. The Kier molecular flexibility index (Phi) is 3.74. The summed E-state index contributed by atoms with van der Waals surface area (Å²) >= 11 is 5.93. The number of ether oxygens (including phenoxy) is 2. The van der Waals surface area contributed by atoms with Gasteiger partial charge in [-0.3, -0.25) is 0 Å². The number of fused-ring (bicyclic) bond motifs is 1. The molecule has 1 heterocycles. The minimum absolute atomic E-state index is 0.104. The van der Waals surface area contributed by atoms with Crippen molar-refractivity contribution in [3.05, 3.63) is 23.0 Å². The SMILES string of the molecule is CC(C)OCC1CNc2cc(F)cc(Cl)c2O1. The Bertz CT molecular complexity index is 412. The highest BCUT2D eigenvalue weighted by atomic mass is 35.5. The summed E-state index contributed by atoms with van der Waals surface area (Å²) in [5.74, 6) is 0.124. The lowest BCUT2D eigenvalue weighted by molar-refractivity contribution is 0.0190. The Balaban J connectivity index is 2.08. The highest BCUT2D eigenvalue weighted by Gasteiger charge is 2.22. The fraction of sp³-hybridized carbons (Fsp3) is 0.500. The summed E-state index contributed by atoms with van der Waals surface area (Å²) in [4.78, 5) is 0. The van der Waals surface area contributed by atoms with Gasteiger partial charge in [0.1, 0.15) is 11.9 Å². The van der Waals surface area contributed by atoms with Crippen LogP contribution >= 0.6 is 11.6 Å². The normalized spacial score (nSPS) is 18.5. The van der Waals surface area contributed by atoms with E-state index in [0.717, 1.165) is 0 Å². The third-order valence-electron chi connectivity index (χ3n) is 2.43. The lowest BCUT2D eigenvalue weighted by Gasteiger charge is -2.28. The van der Waals surface area contributed by atoms with Crippen LogP contribution in [0.4, 0.5) is 10.1 Å². The van der Waals surface area contributed by atoms with E-state index in [9.17, 15) is 4.39 Å². The maximum absolute atomic E-state index is 13.1. The van der Waals surface area contributed by atoms with Gasteiger partial charge in [0.15, 0.2) is 5.75 Å². The summed E-state index contributed by atoms with van der Waals surface area (Å²) in [7, 11) is 0. The van der Waals surface area contributed by atoms with Gasteiger partial charge in [-0.2, -0.15) is 0 Å². The van der Waals surface area contributed by atoms with Crippen LogP contribution in [0.15, 0.2) is 12.1 Å². The van der Waals surface area contributed by atoms with E-state index in [0.29, 0.717) is 24.6 Å². The van der Waals surface area contributed by atoms with Crippen molar-refractivity contribution < 1.29 is 13.9 Å². The average molecular weight is 260 g/mol. The molecule has 3 nitrogen and oxygen atoms in total. The number of nitrogens with one attached hydrogen (secondary N) is 1. The first kappa shape index (κ1) is 12.5. The molecule has 0 radical (unpaired) electrons. The Hall–Kier alpha value is -1.00. The molecule has 0 saturated carbocycles. The largest absolute Gasteiger partial charge is 0.482 e. The molecule has 1 aromatic rings. The highest BCUT2D eigenvalue weighted by molar-refractivity contribution is 6.32. The number of rotatable bonds is 3. The van der Waals surface area contributed by atoms with E-state index in [1.165, 1.54) is 12.1 Å². The molecule has 17 heavy (non-hydrogen) atoms. The molecule has 0 saturated heterocycles. The van der Waals surface area contributed by atoms with E-state index in [-0.39, 0.29) is 23.0 Å². The van der Waals surface area contributed by atoms with Crippen molar-refractivity contribution in [2.75, 3.05) is 18.5 Å². The first-order chi connectivity index (χ1) is 8.06. The predicted molar refractivity (Wildman–Crippen MR) is 65.4 cm³/mol. The zero-order valence-corrected chi connectivity index (χ0v) is 10.6. The standard InChI is InChI=1S/C12H15ClFNO2/c1-7(2)16-6-9-5-15-11-4-8(14)3-10(13)12(11)17-9/h3-4,7,9,15H,5-6H2,1-2H3. The Morgan fingerprint density at radius 3 is 3.06 bits per heavy atom. The lowest BCUT2D eigenvalue weighted by atomic mass is 10.2. The molecule has 1 unspecified atom stereocenters. The predicted octanol–water partition coefficient (Wildman–Crippen LogP) is 3.08. The van der Waals surface area contributed by atoms with Crippen molar-refractivity contribution in [2.24, 2.45) is 0 Å². The molecule has 1 aromatic carbocycles. The van der Waals surface area contributed by atoms with Crippen LogP contribution in [0.5, 0.6) is 5.75 Å². The van der Waals surface area contributed by atoms with Crippen LogP contribution in [0.1, 0.15) is 13.8 Å². The van der Waals surface area contributed by atoms with E-state index in [4.69, 9.17) is 21.1 Å². The monoisotopic (exact) mass is 259 g/mol. The van der Waals surface area contributed by atoms with Gasteiger partial charge in [-0.25, -0.2) is 4.39 Å². The molecule has 94 valence electrons. The minimum atomic E-state index is -0.373. The van der Waals surface area contributed by atoms with E-state index < -0.39 is 0 Å². The van der Waals surface area contributed by atoms with Gasteiger partial charge in [0.2, 0.25) is 0 Å². The zero-order chi connectivity index (χ0) is 12.4. The van der Waals surface area contributed by atoms with Gasteiger partial charge in [0.25, 0.3) is 0 Å². The van der Waals surface area contributed by atoms with Crippen LogP contribution in [-0.4, -0.2) is 25.4 Å². The third-order valence-corrected chi connectivity index (χ3v) is 2.71. The first-order valence-electron chi connectivity index (χ1n) is 5.57. The fourth-order valence-corrected chi connectivity index (χ4v) is 1.89. The number of halogens is 2. The van der Waals surface area contributed by atoms with Gasteiger partial charge in [0.05, 0.1) is 30.0 Å². The van der Waals surface area contributed by atoms with Crippen LogP contribution in [0, 0.1) is 5.82 Å². The topological polar surface area (TPSA) is 30.5 Å². The molecular weight excluding hydrogens is 245 g/mol. The Labute approximate surface area is 105 Å². The van der Waals surface area contributed by atoms with E-state index in [1.807, 2.05) is 13.8 Å². The molecule has 1 aliphatic heterocycles.